The number of carbonyl (C=O) groups is 1. The van der Waals surface area contributed by atoms with Crippen LogP contribution in [0.5, 0.6) is 0 Å². The zero-order chi connectivity index (χ0) is 16.2. The van der Waals surface area contributed by atoms with Crippen molar-refractivity contribution in [2.24, 2.45) is 0 Å². The van der Waals surface area contributed by atoms with Gasteiger partial charge in [-0.15, -0.1) is 6.58 Å². The lowest BCUT2D eigenvalue weighted by Gasteiger charge is -2.20. The first-order chi connectivity index (χ1) is 9.71. The summed E-state index contributed by atoms with van der Waals surface area (Å²) in [5, 5.41) is 0. The number of carbonyl (C=O) groups excluding carboxylic acids is 1. The average Bonchev–Trinajstić information content (AvgIpc) is 2.35. The highest BCUT2D eigenvalue weighted by atomic mass is 16.6. The van der Waals surface area contributed by atoms with E-state index < -0.39 is 17.4 Å². The third-order valence-corrected chi connectivity index (χ3v) is 2.66. The number of ether oxygens (including phenoxy) is 1. The maximum atomic E-state index is 12.2. The highest BCUT2D eigenvalue weighted by Gasteiger charge is 2.21. The molecule has 0 amide bonds. The minimum atomic E-state index is -0.789. The number of allylic oxidation sites excluding steroid dienone is 1. The van der Waals surface area contributed by atoms with Crippen molar-refractivity contribution in [3.05, 3.63) is 45.3 Å². The summed E-state index contributed by atoms with van der Waals surface area (Å²) in [6.07, 6.45) is 3.15. The standard InChI is InChI=1S/C15H22N2O4/c1-6-8-11-10-17(14(20)21-15(3,4)5)13(19)16(9-7-2)12(11)18/h7,10H,2,6,8-9H2,1,3-5H3. The van der Waals surface area contributed by atoms with Crippen molar-refractivity contribution in [2.75, 3.05) is 0 Å². The summed E-state index contributed by atoms with van der Waals surface area (Å²) < 4.78 is 7.03. The van der Waals surface area contributed by atoms with Gasteiger partial charge in [0.1, 0.15) is 5.60 Å². The Kier molecular flexibility index (Phi) is 5.29. The summed E-state index contributed by atoms with van der Waals surface area (Å²) in [7, 11) is 0. The second kappa shape index (κ2) is 6.56. The van der Waals surface area contributed by atoms with Crippen LogP contribution in [0.3, 0.4) is 0 Å². The third kappa shape index (κ3) is 4.18. The number of rotatable bonds is 4. The van der Waals surface area contributed by atoms with Gasteiger partial charge in [-0.2, -0.15) is 0 Å². The van der Waals surface area contributed by atoms with Crippen LogP contribution in [0, 0.1) is 0 Å². The van der Waals surface area contributed by atoms with Crippen LogP contribution in [0.4, 0.5) is 4.79 Å². The largest absolute Gasteiger partial charge is 0.443 e. The second-order valence-corrected chi connectivity index (χ2v) is 5.74. The quantitative estimate of drug-likeness (QED) is 0.796. The van der Waals surface area contributed by atoms with Crippen LogP contribution < -0.4 is 11.2 Å². The maximum absolute atomic E-state index is 12.2. The molecule has 6 nitrogen and oxygen atoms in total. The molecule has 0 saturated carbocycles. The van der Waals surface area contributed by atoms with E-state index in [9.17, 15) is 14.4 Å². The molecule has 0 spiro atoms. The van der Waals surface area contributed by atoms with Gasteiger partial charge >= 0.3 is 11.8 Å². The predicted octanol–water partition coefficient (Wildman–Crippen LogP) is 1.93. The van der Waals surface area contributed by atoms with Crippen molar-refractivity contribution in [3.63, 3.8) is 0 Å². The average molecular weight is 294 g/mol. The van der Waals surface area contributed by atoms with E-state index in [1.165, 1.54) is 12.3 Å². The molecule has 0 fully saturated rings. The Bertz CT molecular complexity index is 647. The van der Waals surface area contributed by atoms with E-state index in [2.05, 4.69) is 6.58 Å². The molecule has 0 saturated heterocycles. The summed E-state index contributed by atoms with van der Waals surface area (Å²) in [6, 6.07) is 0. The van der Waals surface area contributed by atoms with E-state index in [0.717, 1.165) is 15.6 Å². The highest BCUT2D eigenvalue weighted by Crippen LogP contribution is 2.08. The van der Waals surface area contributed by atoms with Crippen LogP contribution in [0.1, 0.15) is 39.7 Å². The molecule has 0 aromatic carbocycles. The van der Waals surface area contributed by atoms with Crippen LogP contribution in [0.25, 0.3) is 0 Å². The zero-order valence-corrected chi connectivity index (χ0v) is 13.0. The van der Waals surface area contributed by atoms with Crippen LogP contribution >= 0.6 is 0 Å². The summed E-state index contributed by atoms with van der Waals surface area (Å²) in [4.78, 5) is 36.5. The molecule has 0 atom stereocenters. The van der Waals surface area contributed by atoms with E-state index in [1.54, 1.807) is 20.8 Å². The van der Waals surface area contributed by atoms with Crippen molar-refractivity contribution in [2.45, 2.75) is 52.7 Å². The molecule has 0 aliphatic rings. The SMILES string of the molecule is C=CCn1c(=O)c(CCC)cn(C(=O)OC(C)(C)C)c1=O. The molecule has 0 radical (unpaired) electrons. The molecule has 1 heterocycles. The summed E-state index contributed by atoms with van der Waals surface area (Å²) in [5.74, 6) is 0. The monoisotopic (exact) mass is 294 g/mol. The summed E-state index contributed by atoms with van der Waals surface area (Å²) in [5.41, 5.74) is -1.42. The summed E-state index contributed by atoms with van der Waals surface area (Å²) in [6.45, 7) is 10.6. The van der Waals surface area contributed by atoms with Crippen molar-refractivity contribution < 1.29 is 9.53 Å². The molecule has 0 aliphatic carbocycles. The zero-order valence-electron chi connectivity index (χ0n) is 13.0. The molecule has 0 unspecified atom stereocenters. The first-order valence-corrected chi connectivity index (χ1v) is 6.91. The van der Waals surface area contributed by atoms with Crippen LogP contribution in [-0.4, -0.2) is 20.8 Å². The molecule has 116 valence electrons. The van der Waals surface area contributed by atoms with E-state index in [1.807, 2.05) is 6.92 Å². The Morgan fingerprint density at radius 2 is 2.00 bits per heavy atom. The van der Waals surface area contributed by atoms with Crippen molar-refractivity contribution >= 4 is 6.09 Å². The van der Waals surface area contributed by atoms with E-state index in [-0.39, 0.29) is 12.1 Å². The Morgan fingerprint density at radius 3 is 2.48 bits per heavy atom. The molecule has 0 aliphatic heterocycles. The second-order valence-electron chi connectivity index (χ2n) is 5.74. The molecule has 1 rings (SSSR count). The lowest BCUT2D eigenvalue weighted by atomic mass is 10.2. The van der Waals surface area contributed by atoms with Crippen LogP contribution in [0.15, 0.2) is 28.4 Å². The fraction of sp³-hybridized carbons (Fsp3) is 0.533. The van der Waals surface area contributed by atoms with Gasteiger partial charge in [-0.3, -0.25) is 9.36 Å². The molecule has 0 bridgehead atoms. The first-order valence-electron chi connectivity index (χ1n) is 6.91. The van der Waals surface area contributed by atoms with Gasteiger partial charge in [0, 0.05) is 18.3 Å². The molecule has 1 aromatic rings. The number of nitrogens with zero attached hydrogens (tertiary/aromatic N) is 2. The Balaban J connectivity index is 3.45. The summed E-state index contributed by atoms with van der Waals surface area (Å²) >= 11 is 0. The van der Waals surface area contributed by atoms with Gasteiger partial charge in [0.15, 0.2) is 0 Å². The van der Waals surface area contributed by atoms with Crippen molar-refractivity contribution in [1.82, 2.24) is 9.13 Å². The van der Waals surface area contributed by atoms with Gasteiger partial charge in [0.05, 0.1) is 0 Å². The normalized spacial score (nSPS) is 11.2. The van der Waals surface area contributed by atoms with Gasteiger partial charge in [0.25, 0.3) is 5.56 Å². The predicted molar refractivity (Wildman–Crippen MR) is 80.8 cm³/mol. The Hall–Kier alpha value is -2.11. The minimum absolute atomic E-state index is 0.0536. The Labute approximate surface area is 123 Å². The van der Waals surface area contributed by atoms with Gasteiger partial charge in [-0.1, -0.05) is 19.4 Å². The molecule has 0 N–H and O–H groups in total. The van der Waals surface area contributed by atoms with Crippen molar-refractivity contribution in [1.29, 1.82) is 0 Å². The minimum Gasteiger partial charge on any atom is -0.443 e. The lowest BCUT2D eigenvalue weighted by Crippen LogP contribution is -2.44. The molecule has 21 heavy (non-hydrogen) atoms. The molecule has 6 heteroatoms. The highest BCUT2D eigenvalue weighted by molar-refractivity contribution is 5.70. The van der Waals surface area contributed by atoms with Gasteiger partial charge in [-0.25, -0.2) is 14.2 Å². The van der Waals surface area contributed by atoms with Crippen molar-refractivity contribution in [3.8, 4) is 0 Å². The van der Waals surface area contributed by atoms with E-state index in [4.69, 9.17) is 4.74 Å². The fourth-order valence-electron chi connectivity index (χ4n) is 1.83. The number of hydrogen-bond donors (Lipinski definition) is 0. The number of hydrogen-bond acceptors (Lipinski definition) is 4. The first kappa shape index (κ1) is 16.9. The molecule has 1 aromatic heterocycles. The van der Waals surface area contributed by atoms with E-state index in [0.29, 0.717) is 12.0 Å². The smallest absolute Gasteiger partial charge is 0.422 e. The maximum Gasteiger partial charge on any atom is 0.422 e. The topological polar surface area (TPSA) is 70.3 Å². The third-order valence-electron chi connectivity index (χ3n) is 2.66. The number of aryl methyl sites for hydroxylation is 1. The number of aromatic nitrogens is 2. The van der Waals surface area contributed by atoms with E-state index >= 15 is 0 Å². The Morgan fingerprint density at radius 1 is 1.38 bits per heavy atom. The van der Waals surface area contributed by atoms with Gasteiger partial charge < -0.3 is 4.74 Å². The fourth-order valence-corrected chi connectivity index (χ4v) is 1.83. The van der Waals surface area contributed by atoms with Gasteiger partial charge in [0.2, 0.25) is 0 Å². The molecular weight excluding hydrogens is 272 g/mol. The molecular formula is C15H22N2O4. The lowest BCUT2D eigenvalue weighted by molar-refractivity contribution is 0.0525. The van der Waals surface area contributed by atoms with Crippen LogP contribution in [0.2, 0.25) is 0 Å². The van der Waals surface area contributed by atoms with Crippen LogP contribution in [-0.2, 0) is 17.7 Å². The van der Waals surface area contributed by atoms with Gasteiger partial charge in [-0.05, 0) is 27.2 Å².